The van der Waals surface area contributed by atoms with Crippen molar-refractivity contribution in [3.05, 3.63) is 65.0 Å². The van der Waals surface area contributed by atoms with Crippen LogP contribution in [0.15, 0.2) is 42.9 Å². The van der Waals surface area contributed by atoms with E-state index in [0.717, 1.165) is 0 Å². The number of hydrogen-bond donors (Lipinski definition) is 4. The number of nitrogens with one attached hydrogen (secondary N) is 2. The van der Waals surface area contributed by atoms with Crippen LogP contribution in [0.2, 0.25) is 5.02 Å². The van der Waals surface area contributed by atoms with E-state index in [2.05, 4.69) is 20.3 Å². The van der Waals surface area contributed by atoms with Crippen molar-refractivity contribution in [2.45, 2.75) is 6.04 Å². The van der Waals surface area contributed by atoms with Gasteiger partial charge in [-0.1, -0.05) is 17.7 Å². The summed E-state index contributed by atoms with van der Waals surface area (Å²) >= 11 is 5.65. The molecule has 7 nitrogen and oxygen atoms in total. The van der Waals surface area contributed by atoms with E-state index in [1.54, 1.807) is 18.3 Å². The summed E-state index contributed by atoms with van der Waals surface area (Å²) in [5, 5.41) is 12.1. The second-order valence-corrected chi connectivity index (χ2v) is 5.92. The summed E-state index contributed by atoms with van der Waals surface area (Å²) in [7, 11) is 0. The Morgan fingerprint density at radius 3 is 2.85 bits per heavy atom. The number of nitrogens with two attached hydrogens (primary N) is 1. The number of hydrogen-bond acceptors (Lipinski definition) is 5. The second kappa shape index (κ2) is 7.51. The topological polar surface area (TPSA) is 117 Å². The van der Waals surface area contributed by atoms with E-state index in [1.165, 1.54) is 24.5 Å². The van der Waals surface area contributed by atoms with Crippen LogP contribution in [0.1, 0.15) is 22.1 Å². The lowest BCUT2D eigenvalue weighted by molar-refractivity contribution is 0.0911. The molecule has 0 saturated heterocycles. The molecule has 3 rings (SSSR count). The van der Waals surface area contributed by atoms with Gasteiger partial charge in [-0.3, -0.25) is 4.79 Å². The molecule has 134 valence electrons. The minimum Gasteiger partial charge on any atom is -0.394 e. The first-order chi connectivity index (χ1) is 12.5. The van der Waals surface area contributed by atoms with Gasteiger partial charge in [0, 0.05) is 17.8 Å². The molecule has 0 aliphatic carbocycles. The Hall–Kier alpha value is -2.97. The standard InChI is InChI=1S/C17H15ClFN5O2/c18-11-2-1-9(3-12(11)19)15(7-25)24-17(26)14-4-10(6-21-14)13-5-16(20)23-8-22-13/h1-6,8,15,21,25H,7H2,(H,24,26)(H2,20,22,23)/t15-/m1/s1. The molecule has 9 heteroatoms. The number of aromatic nitrogens is 3. The van der Waals surface area contributed by atoms with Crippen molar-refractivity contribution in [1.29, 1.82) is 0 Å². The van der Waals surface area contributed by atoms with Crippen LogP contribution in [0.3, 0.4) is 0 Å². The molecule has 5 N–H and O–H groups in total. The van der Waals surface area contributed by atoms with E-state index in [9.17, 15) is 14.3 Å². The SMILES string of the molecule is Nc1cc(-c2c[nH]c(C(=O)N[C@H](CO)c3ccc(Cl)c(F)c3)c2)ncn1. The summed E-state index contributed by atoms with van der Waals surface area (Å²) in [6.07, 6.45) is 2.93. The first-order valence-electron chi connectivity index (χ1n) is 7.61. The molecule has 0 spiro atoms. The molecule has 3 aromatic rings. The highest BCUT2D eigenvalue weighted by Gasteiger charge is 2.18. The predicted octanol–water partition coefficient (Wildman–Crippen LogP) is 2.31. The summed E-state index contributed by atoms with van der Waals surface area (Å²) < 4.78 is 13.6. The van der Waals surface area contributed by atoms with Crippen molar-refractivity contribution in [3.63, 3.8) is 0 Å². The van der Waals surface area contributed by atoms with E-state index < -0.39 is 24.4 Å². The number of aliphatic hydroxyl groups excluding tert-OH is 1. The Morgan fingerprint density at radius 1 is 1.35 bits per heavy atom. The van der Waals surface area contributed by atoms with E-state index in [-0.39, 0.29) is 10.7 Å². The smallest absolute Gasteiger partial charge is 0.268 e. The molecule has 0 radical (unpaired) electrons. The van der Waals surface area contributed by atoms with Crippen molar-refractivity contribution in [3.8, 4) is 11.3 Å². The molecule has 0 aliphatic rings. The van der Waals surface area contributed by atoms with Crippen LogP contribution in [-0.2, 0) is 0 Å². The number of halogens is 2. The minimum atomic E-state index is -0.782. The summed E-state index contributed by atoms with van der Waals surface area (Å²) in [5.74, 6) is -0.777. The maximum Gasteiger partial charge on any atom is 0.268 e. The van der Waals surface area contributed by atoms with Gasteiger partial charge in [0.25, 0.3) is 5.91 Å². The van der Waals surface area contributed by atoms with Gasteiger partial charge in [-0.25, -0.2) is 14.4 Å². The van der Waals surface area contributed by atoms with Gasteiger partial charge in [-0.2, -0.15) is 0 Å². The molecule has 0 saturated carbocycles. The molecule has 26 heavy (non-hydrogen) atoms. The molecule has 1 aromatic carbocycles. The summed E-state index contributed by atoms with van der Waals surface area (Å²) in [5.41, 5.74) is 7.50. The van der Waals surface area contributed by atoms with Crippen LogP contribution in [0.25, 0.3) is 11.3 Å². The summed E-state index contributed by atoms with van der Waals surface area (Å²) in [6, 6.07) is 6.47. The minimum absolute atomic E-state index is 0.0325. The number of carbonyl (C=O) groups is 1. The molecule has 2 aromatic heterocycles. The van der Waals surface area contributed by atoms with Crippen molar-refractivity contribution >= 4 is 23.3 Å². The van der Waals surface area contributed by atoms with Crippen LogP contribution in [-0.4, -0.2) is 32.6 Å². The third kappa shape index (κ3) is 3.81. The van der Waals surface area contributed by atoms with E-state index in [0.29, 0.717) is 22.6 Å². The molecule has 0 bridgehead atoms. The fourth-order valence-corrected chi connectivity index (χ4v) is 2.52. The number of aliphatic hydroxyl groups is 1. The van der Waals surface area contributed by atoms with E-state index >= 15 is 0 Å². The fourth-order valence-electron chi connectivity index (χ4n) is 2.40. The van der Waals surface area contributed by atoms with Crippen molar-refractivity contribution < 1.29 is 14.3 Å². The predicted molar refractivity (Wildman–Crippen MR) is 94.9 cm³/mol. The zero-order valence-electron chi connectivity index (χ0n) is 13.4. The normalized spacial score (nSPS) is 12.0. The number of H-pyrrole nitrogens is 1. The monoisotopic (exact) mass is 375 g/mol. The number of nitrogen functional groups attached to an aromatic ring is 1. The van der Waals surface area contributed by atoms with Crippen LogP contribution in [0.4, 0.5) is 10.2 Å². The highest BCUT2D eigenvalue weighted by atomic mass is 35.5. The molecule has 0 aliphatic heterocycles. The zero-order chi connectivity index (χ0) is 18.7. The third-order valence-electron chi connectivity index (χ3n) is 3.75. The highest BCUT2D eigenvalue weighted by Crippen LogP contribution is 2.22. The van der Waals surface area contributed by atoms with Gasteiger partial charge in [0.1, 0.15) is 23.7 Å². The first kappa shape index (κ1) is 17.8. The van der Waals surface area contributed by atoms with Gasteiger partial charge in [0.2, 0.25) is 0 Å². The summed E-state index contributed by atoms with van der Waals surface area (Å²) in [4.78, 5) is 23.2. The number of amides is 1. The van der Waals surface area contributed by atoms with Crippen molar-refractivity contribution in [1.82, 2.24) is 20.3 Å². The Bertz CT molecular complexity index is 946. The Balaban J connectivity index is 1.77. The van der Waals surface area contributed by atoms with Crippen molar-refractivity contribution in [2.75, 3.05) is 12.3 Å². The molecular weight excluding hydrogens is 361 g/mol. The number of aromatic amines is 1. The van der Waals surface area contributed by atoms with Gasteiger partial charge in [-0.05, 0) is 23.8 Å². The maximum atomic E-state index is 13.6. The Labute approximate surface area is 153 Å². The lowest BCUT2D eigenvalue weighted by Gasteiger charge is -2.16. The molecule has 1 atom stereocenters. The van der Waals surface area contributed by atoms with E-state index in [4.69, 9.17) is 17.3 Å². The number of rotatable bonds is 5. The largest absolute Gasteiger partial charge is 0.394 e. The van der Waals surface area contributed by atoms with Crippen LogP contribution in [0.5, 0.6) is 0 Å². The van der Waals surface area contributed by atoms with Crippen molar-refractivity contribution in [2.24, 2.45) is 0 Å². The average Bonchev–Trinajstić information content (AvgIpc) is 3.12. The first-order valence-corrected chi connectivity index (χ1v) is 7.98. The molecule has 2 heterocycles. The number of anilines is 1. The number of nitrogens with zero attached hydrogens (tertiary/aromatic N) is 2. The quantitative estimate of drug-likeness (QED) is 0.546. The zero-order valence-corrected chi connectivity index (χ0v) is 14.2. The molecule has 0 unspecified atom stereocenters. The lowest BCUT2D eigenvalue weighted by Crippen LogP contribution is -2.31. The molecule has 1 amide bonds. The highest BCUT2D eigenvalue weighted by molar-refractivity contribution is 6.30. The Kier molecular flexibility index (Phi) is 5.15. The van der Waals surface area contributed by atoms with Crippen LogP contribution in [0, 0.1) is 5.82 Å². The van der Waals surface area contributed by atoms with Gasteiger partial charge in [0.05, 0.1) is 23.4 Å². The number of benzene rings is 1. The van der Waals surface area contributed by atoms with Crippen LogP contribution < -0.4 is 11.1 Å². The fraction of sp³-hybridized carbons (Fsp3) is 0.118. The summed E-state index contributed by atoms with van der Waals surface area (Å²) in [6.45, 7) is -0.400. The van der Waals surface area contributed by atoms with Gasteiger partial charge in [0.15, 0.2) is 0 Å². The number of carbonyl (C=O) groups excluding carboxylic acids is 1. The van der Waals surface area contributed by atoms with Gasteiger partial charge in [-0.15, -0.1) is 0 Å². The third-order valence-corrected chi connectivity index (χ3v) is 4.05. The van der Waals surface area contributed by atoms with Gasteiger partial charge < -0.3 is 21.1 Å². The second-order valence-electron chi connectivity index (χ2n) is 5.51. The molecular formula is C17H15ClFN5O2. The van der Waals surface area contributed by atoms with Gasteiger partial charge >= 0.3 is 0 Å². The molecule has 0 fully saturated rings. The average molecular weight is 376 g/mol. The van der Waals surface area contributed by atoms with E-state index in [1.807, 2.05) is 0 Å². The lowest BCUT2D eigenvalue weighted by atomic mass is 10.1. The maximum absolute atomic E-state index is 13.6. The Morgan fingerprint density at radius 2 is 2.15 bits per heavy atom. The van der Waals surface area contributed by atoms with Crippen LogP contribution >= 0.6 is 11.6 Å².